The summed E-state index contributed by atoms with van der Waals surface area (Å²) >= 11 is 0. The van der Waals surface area contributed by atoms with Crippen molar-refractivity contribution in [3.8, 4) is 0 Å². The van der Waals surface area contributed by atoms with Crippen LogP contribution in [0.15, 0.2) is 0 Å². The van der Waals surface area contributed by atoms with Crippen LogP contribution < -0.4 is 0 Å². The summed E-state index contributed by atoms with van der Waals surface area (Å²) in [6, 6.07) is 0.112. The Labute approximate surface area is 121 Å². The van der Waals surface area contributed by atoms with Crippen LogP contribution in [0, 0.1) is 0 Å². The molecule has 116 valence electrons. The quantitative estimate of drug-likeness (QED) is 0.736. The van der Waals surface area contributed by atoms with Gasteiger partial charge in [-0.05, 0) is 34.6 Å². The molecule has 0 saturated carbocycles. The van der Waals surface area contributed by atoms with Gasteiger partial charge in [0.25, 0.3) is 0 Å². The molecule has 1 rings (SSSR count). The molecule has 1 amide bonds. The third-order valence-electron chi connectivity index (χ3n) is 3.05. The highest BCUT2D eigenvalue weighted by molar-refractivity contribution is 5.72. The van der Waals surface area contributed by atoms with Gasteiger partial charge in [-0.25, -0.2) is 4.79 Å². The first kappa shape index (κ1) is 16.8. The molecule has 1 heterocycles. The Balaban J connectivity index is 2.46. The van der Waals surface area contributed by atoms with Crippen molar-refractivity contribution in [3.63, 3.8) is 0 Å². The average molecular weight is 286 g/mol. The van der Waals surface area contributed by atoms with Crippen LogP contribution in [-0.2, 0) is 14.3 Å². The monoisotopic (exact) mass is 286 g/mol. The van der Waals surface area contributed by atoms with Gasteiger partial charge in [0.15, 0.2) is 0 Å². The zero-order valence-corrected chi connectivity index (χ0v) is 13.1. The molecule has 1 saturated heterocycles. The number of ether oxygens (including phenoxy) is 2. The number of hydrogen-bond acceptors (Lipinski definition) is 5. The first-order valence-corrected chi connectivity index (χ1v) is 7.10. The Kier molecular flexibility index (Phi) is 5.80. The van der Waals surface area contributed by atoms with E-state index in [2.05, 4.69) is 0 Å². The van der Waals surface area contributed by atoms with Crippen LogP contribution >= 0.6 is 0 Å². The van der Waals surface area contributed by atoms with E-state index in [9.17, 15) is 9.59 Å². The van der Waals surface area contributed by atoms with Gasteiger partial charge in [-0.15, -0.1) is 0 Å². The second-order valence-corrected chi connectivity index (χ2v) is 6.05. The minimum Gasteiger partial charge on any atom is -0.465 e. The maximum absolute atomic E-state index is 12.0. The van der Waals surface area contributed by atoms with Crippen molar-refractivity contribution in [3.05, 3.63) is 0 Å². The van der Waals surface area contributed by atoms with E-state index in [1.807, 2.05) is 32.6 Å². The maximum atomic E-state index is 12.0. The Morgan fingerprint density at radius 2 is 1.90 bits per heavy atom. The van der Waals surface area contributed by atoms with Gasteiger partial charge in [-0.1, -0.05) is 0 Å². The van der Waals surface area contributed by atoms with Gasteiger partial charge in [-0.2, -0.15) is 0 Å². The number of piperazine rings is 1. The number of nitrogens with zero attached hydrogens (tertiary/aromatic N) is 2. The highest BCUT2D eigenvalue weighted by atomic mass is 16.6. The second kappa shape index (κ2) is 6.92. The highest BCUT2D eigenvalue weighted by Crippen LogP contribution is 2.14. The summed E-state index contributed by atoms with van der Waals surface area (Å²) in [5, 5.41) is 0. The van der Waals surface area contributed by atoms with Crippen LogP contribution in [0.4, 0.5) is 4.79 Å². The molecule has 1 unspecified atom stereocenters. The zero-order valence-electron chi connectivity index (χ0n) is 13.1. The Morgan fingerprint density at radius 3 is 2.40 bits per heavy atom. The van der Waals surface area contributed by atoms with Crippen molar-refractivity contribution in [2.75, 3.05) is 32.8 Å². The molecule has 0 radical (unpaired) electrons. The van der Waals surface area contributed by atoms with E-state index in [4.69, 9.17) is 9.47 Å². The second-order valence-electron chi connectivity index (χ2n) is 6.05. The molecule has 1 aliphatic rings. The zero-order chi connectivity index (χ0) is 15.3. The van der Waals surface area contributed by atoms with E-state index < -0.39 is 5.60 Å². The number of amides is 1. The SMILES string of the molecule is CCOC(=O)CN1CCN(C(=O)OC(C)(C)C)CC1C. The van der Waals surface area contributed by atoms with E-state index in [0.29, 0.717) is 26.2 Å². The lowest BCUT2D eigenvalue weighted by atomic mass is 10.2. The smallest absolute Gasteiger partial charge is 0.410 e. The summed E-state index contributed by atoms with van der Waals surface area (Å²) in [6.07, 6.45) is -0.292. The lowest BCUT2D eigenvalue weighted by Gasteiger charge is -2.39. The van der Waals surface area contributed by atoms with E-state index in [0.717, 1.165) is 0 Å². The van der Waals surface area contributed by atoms with Crippen molar-refractivity contribution in [2.24, 2.45) is 0 Å². The summed E-state index contributed by atoms with van der Waals surface area (Å²) in [6.45, 7) is 11.8. The van der Waals surface area contributed by atoms with E-state index in [1.54, 1.807) is 11.8 Å². The molecule has 0 aromatic heterocycles. The molecule has 0 aliphatic carbocycles. The Bertz CT molecular complexity index is 352. The number of carbonyl (C=O) groups excluding carboxylic acids is 2. The minimum absolute atomic E-state index is 0.112. The van der Waals surface area contributed by atoms with Gasteiger partial charge < -0.3 is 14.4 Å². The lowest BCUT2D eigenvalue weighted by Crippen LogP contribution is -2.55. The van der Waals surface area contributed by atoms with Gasteiger partial charge in [-0.3, -0.25) is 9.69 Å². The van der Waals surface area contributed by atoms with Crippen molar-refractivity contribution in [2.45, 2.75) is 46.3 Å². The van der Waals surface area contributed by atoms with Gasteiger partial charge >= 0.3 is 12.1 Å². The van der Waals surface area contributed by atoms with Crippen LogP contribution in [0.25, 0.3) is 0 Å². The van der Waals surface area contributed by atoms with Gasteiger partial charge in [0, 0.05) is 25.7 Å². The summed E-state index contributed by atoms with van der Waals surface area (Å²) < 4.78 is 10.3. The topological polar surface area (TPSA) is 59.1 Å². The molecule has 6 nitrogen and oxygen atoms in total. The summed E-state index contributed by atoms with van der Waals surface area (Å²) in [5.41, 5.74) is -0.484. The summed E-state index contributed by atoms with van der Waals surface area (Å²) in [5.74, 6) is -0.218. The van der Waals surface area contributed by atoms with Crippen LogP contribution in [0.3, 0.4) is 0 Å². The number of esters is 1. The molecule has 0 N–H and O–H groups in total. The summed E-state index contributed by atoms with van der Waals surface area (Å²) in [4.78, 5) is 27.2. The van der Waals surface area contributed by atoms with Crippen LogP contribution in [-0.4, -0.2) is 66.3 Å². The Morgan fingerprint density at radius 1 is 1.25 bits per heavy atom. The molecule has 0 aromatic rings. The van der Waals surface area contributed by atoms with Crippen molar-refractivity contribution in [1.29, 1.82) is 0 Å². The first-order chi connectivity index (χ1) is 9.23. The van der Waals surface area contributed by atoms with E-state index in [-0.39, 0.29) is 24.6 Å². The third kappa shape index (κ3) is 5.36. The first-order valence-electron chi connectivity index (χ1n) is 7.10. The predicted molar refractivity (Wildman–Crippen MR) is 75.5 cm³/mol. The van der Waals surface area contributed by atoms with E-state index in [1.165, 1.54) is 0 Å². The van der Waals surface area contributed by atoms with Crippen LogP contribution in [0.1, 0.15) is 34.6 Å². The lowest BCUT2D eigenvalue weighted by molar-refractivity contribution is -0.145. The fourth-order valence-electron chi connectivity index (χ4n) is 2.09. The number of hydrogen-bond donors (Lipinski definition) is 0. The molecule has 0 bridgehead atoms. The number of rotatable bonds is 3. The molecule has 0 spiro atoms. The molecule has 20 heavy (non-hydrogen) atoms. The molecular weight excluding hydrogens is 260 g/mol. The molecule has 1 atom stereocenters. The molecule has 0 aromatic carbocycles. The van der Waals surface area contributed by atoms with Crippen molar-refractivity contribution in [1.82, 2.24) is 9.80 Å². The van der Waals surface area contributed by atoms with Crippen LogP contribution in [0.2, 0.25) is 0 Å². The predicted octanol–water partition coefficient (Wildman–Crippen LogP) is 1.49. The normalized spacial score (nSPS) is 20.6. The number of carbonyl (C=O) groups is 2. The van der Waals surface area contributed by atoms with Crippen molar-refractivity contribution < 1.29 is 19.1 Å². The largest absolute Gasteiger partial charge is 0.465 e. The standard InChI is InChI=1S/C14H26N2O4/c1-6-19-12(17)10-15-7-8-16(9-11(15)2)13(18)20-14(3,4)5/h11H,6-10H2,1-5H3. The van der Waals surface area contributed by atoms with Gasteiger partial charge in [0.2, 0.25) is 0 Å². The Hall–Kier alpha value is -1.30. The average Bonchev–Trinajstić information content (AvgIpc) is 2.29. The molecular formula is C14H26N2O4. The van der Waals surface area contributed by atoms with E-state index >= 15 is 0 Å². The third-order valence-corrected chi connectivity index (χ3v) is 3.05. The molecule has 1 aliphatic heterocycles. The fourth-order valence-corrected chi connectivity index (χ4v) is 2.09. The maximum Gasteiger partial charge on any atom is 0.410 e. The summed E-state index contributed by atoms with van der Waals surface area (Å²) in [7, 11) is 0. The van der Waals surface area contributed by atoms with Gasteiger partial charge in [0.05, 0.1) is 13.2 Å². The van der Waals surface area contributed by atoms with Crippen LogP contribution in [0.5, 0.6) is 0 Å². The van der Waals surface area contributed by atoms with Crippen molar-refractivity contribution >= 4 is 12.1 Å². The minimum atomic E-state index is -0.484. The van der Waals surface area contributed by atoms with Gasteiger partial charge in [0.1, 0.15) is 5.60 Å². The highest BCUT2D eigenvalue weighted by Gasteiger charge is 2.30. The molecule has 6 heteroatoms. The fraction of sp³-hybridized carbons (Fsp3) is 0.857. The molecule has 1 fully saturated rings.